The molecule has 0 radical (unpaired) electrons. The SMILES string of the molecule is O=C(CC1CCN(C(=O)c2ccc3nsnc3c2)CC1)NCC1CC1. The number of hydrogen-bond acceptors (Lipinski definition) is 5. The first-order valence-electron chi connectivity index (χ1n) is 8.97. The van der Waals surface area contributed by atoms with Crippen molar-refractivity contribution in [2.75, 3.05) is 19.6 Å². The molecule has 25 heavy (non-hydrogen) atoms. The van der Waals surface area contributed by atoms with Crippen molar-refractivity contribution >= 4 is 34.6 Å². The molecule has 0 atom stereocenters. The molecule has 132 valence electrons. The van der Waals surface area contributed by atoms with Gasteiger partial charge in [-0.25, -0.2) is 0 Å². The zero-order valence-electron chi connectivity index (χ0n) is 14.1. The van der Waals surface area contributed by atoms with E-state index in [1.807, 2.05) is 23.1 Å². The summed E-state index contributed by atoms with van der Waals surface area (Å²) in [5.74, 6) is 1.31. The van der Waals surface area contributed by atoms with Crippen LogP contribution in [-0.2, 0) is 4.79 Å². The van der Waals surface area contributed by atoms with Gasteiger partial charge in [-0.3, -0.25) is 9.59 Å². The zero-order valence-corrected chi connectivity index (χ0v) is 14.9. The molecule has 6 nitrogen and oxygen atoms in total. The van der Waals surface area contributed by atoms with Crippen molar-refractivity contribution in [3.63, 3.8) is 0 Å². The van der Waals surface area contributed by atoms with E-state index in [9.17, 15) is 9.59 Å². The number of rotatable bonds is 5. The maximum Gasteiger partial charge on any atom is 0.253 e. The van der Waals surface area contributed by atoms with Gasteiger partial charge in [0.05, 0.1) is 11.7 Å². The molecule has 1 N–H and O–H groups in total. The number of benzene rings is 1. The van der Waals surface area contributed by atoms with E-state index >= 15 is 0 Å². The molecule has 1 aliphatic heterocycles. The van der Waals surface area contributed by atoms with E-state index in [-0.39, 0.29) is 11.8 Å². The fraction of sp³-hybridized carbons (Fsp3) is 0.556. The third kappa shape index (κ3) is 3.98. The van der Waals surface area contributed by atoms with E-state index in [2.05, 4.69) is 14.1 Å². The number of aromatic nitrogens is 2. The van der Waals surface area contributed by atoms with Gasteiger partial charge in [-0.15, -0.1) is 0 Å². The Morgan fingerprint density at radius 1 is 1.08 bits per heavy atom. The fourth-order valence-corrected chi connectivity index (χ4v) is 3.87. The van der Waals surface area contributed by atoms with Crippen molar-refractivity contribution in [2.45, 2.75) is 32.1 Å². The van der Waals surface area contributed by atoms with Crippen molar-refractivity contribution in [3.05, 3.63) is 23.8 Å². The maximum atomic E-state index is 12.7. The first kappa shape index (κ1) is 16.4. The lowest BCUT2D eigenvalue weighted by molar-refractivity contribution is -0.122. The second-order valence-corrected chi connectivity index (χ2v) is 7.68. The molecule has 0 unspecified atom stereocenters. The number of amides is 2. The number of likely N-dealkylation sites (tertiary alicyclic amines) is 1. The highest BCUT2D eigenvalue weighted by Crippen LogP contribution is 2.28. The molecule has 2 fully saturated rings. The minimum atomic E-state index is 0.0477. The largest absolute Gasteiger partial charge is 0.356 e. The first-order valence-corrected chi connectivity index (χ1v) is 9.70. The summed E-state index contributed by atoms with van der Waals surface area (Å²) >= 11 is 1.16. The maximum absolute atomic E-state index is 12.7. The Hall–Kier alpha value is -2.02. The van der Waals surface area contributed by atoms with Crippen LogP contribution in [0.3, 0.4) is 0 Å². The van der Waals surface area contributed by atoms with Crippen LogP contribution in [0.4, 0.5) is 0 Å². The van der Waals surface area contributed by atoms with Gasteiger partial charge < -0.3 is 10.2 Å². The molecule has 0 spiro atoms. The van der Waals surface area contributed by atoms with E-state index < -0.39 is 0 Å². The minimum Gasteiger partial charge on any atom is -0.356 e. The van der Waals surface area contributed by atoms with E-state index in [1.165, 1.54) is 12.8 Å². The van der Waals surface area contributed by atoms with Crippen molar-refractivity contribution in [2.24, 2.45) is 11.8 Å². The Morgan fingerprint density at radius 2 is 1.84 bits per heavy atom. The predicted molar refractivity (Wildman–Crippen MR) is 96.4 cm³/mol. The van der Waals surface area contributed by atoms with Gasteiger partial charge in [-0.2, -0.15) is 8.75 Å². The van der Waals surface area contributed by atoms with E-state index in [0.717, 1.165) is 42.1 Å². The highest BCUT2D eigenvalue weighted by Gasteiger charge is 2.26. The summed E-state index contributed by atoms with van der Waals surface area (Å²) in [6.07, 6.45) is 4.88. The topological polar surface area (TPSA) is 75.2 Å². The Morgan fingerprint density at radius 3 is 2.60 bits per heavy atom. The molecule has 1 saturated carbocycles. The summed E-state index contributed by atoms with van der Waals surface area (Å²) in [5, 5.41) is 3.03. The third-order valence-corrected chi connectivity index (χ3v) is 5.72. The molecular weight excluding hydrogens is 336 g/mol. The molecule has 1 saturated heterocycles. The van der Waals surface area contributed by atoms with E-state index in [1.54, 1.807) is 0 Å². The smallest absolute Gasteiger partial charge is 0.253 e. The summed E-state index contributed by atoms with van der Waals surface area (Å²) in [5.41, 5.74) is 2.27. The number of nitrogens with zero attached hydrogens (tertiary/aromatic N) is 3. The van der Waals surface area contributed by atoms with Crippen molar-refractivity contribution in [3.8, 4) is 0 Å². The standard InChI is InChI=1S/C18H22N4O2S/c23-17(19-11-13-1-2-13)9-12-5-7-22(8-6-12)18(24)14-3-4-15-16(10-14)21-25-20-15/h3-4,10,12-13H,1-2,5-9,11H2,(H,19,23). The molecule has 4 rings (SSSR count). The Kier molecular flexibility index (Phi) is 4.65. The molecule has 2 heterocycles. The average molecular weight is 358 g/mol. The van der Waals surface area contributed by atoms with Gasteiger partial charge in [-0.1, -0.05) is 0 Å². The van der Waals surface area contributed by atoms with Crippen LogP contribution < -0.4 is 5.32 Å². The second kappa shape index (κ2) is 7.07. The summed E-state index contributed by atoms with van der Waals surface area (Å²) < 4.78 is 8.37. The highest BCUT2D eigenvalue weighted by molar-refractivity contribution is 7.00. The summed E-state index contributed by atoms with van der Waals surface area (Å²) in [6, 6.07) is 5.49. The van der Waals surface area contributed by atoms with Gasteiger partial charge >= 0.3 is 0 Å². The number of carbonyl (C=O) groups excluding carboxylic acids is 2. The van der Waals surface area contributed by atoms with Gasteiger partial charge in [0.1, 0.15) is 11.0 Å². The quantitative estimate of drug-likeness (QED) is 0.891. The molecule has 7 heteroatoms. The average Bonchev–Trinajstić information content (AvgIpc) is 3.35. The fourth-order valence-electron chi connectivity index (χ4n) is 3.35. The number of nitrogens with one attached hydrogen (secondary N) is 1. The van der Waals surface area contributed by atoms with Crippen LogP contribution in [-0.4, -0.2) is 45.1 Å². The zero-order chi connectivity index (χ0) is 17.2. The molecular formula is C18H22N4O2S. The second-order valence-electron chi connectivity index (χ2n) is 7.15. The lowest BCUT2D eigenvalue weighted by atomic mass is 9.93. The van der Waals surface area contributed by atoms with Crippen molar-refractivity contribution in [1.82, 2.24) is 19.0 Å². The van der Waals surface area contributed by atoms with Crippen LogP contribution >= 0.6 is 11.7 Å². The molecule has 0 bridgehead atoms. The molecule has 2 aliphatic rings. The third-order valence-electron chi connectivity index (χ3n) is 5.16. The monoisotopic (exact) mass is 358 g/mol. The highest BCUT2D eigenvalue weighted by atomic mass is 32.1. The number of fused-ring (bicyclic) bond motifs is 1. The Labute approximate surface area is 150 Å². The van der Waals surface area contributed by atoms with Gasteiger partial charge in [0.25, 0.3) is 5.91 Å². The lowest BCUT2D eigenvalue weighted by Gasteiger charge is -2.31. The van der Waals surface area contributed by atoms with Crippen molar-refractivity contribution < 1.29 is 9.59 Å². The lowest BCUT2D eigenvalue weighted by Crippen LogP contribution is -2.39. The first-order chi connectivity index (χ1) is 12.2. The molecule has 2 amide bonds. The summed E-state index contributed by atoms with van der Waals surface area (Å²) in [6.45, 7) is 2.27. The Balaban J connectivity index is 1.28. The van der Waals surface area contributed by atoms with E-state index in [4.69, 9.17) is 0 Å². The summed E-state index contributed by atoms with van der Waals surface area (Å²) in [7, 11) is 0. The molecule has 1 aliphatic carbocycles. The minimum absolute atomic E-state index is 0.0477. The van der Waals surface area contributed by atoms with Gasteiger partial charge in [0, 0.05) is 31.6 Å². The van der Waals surface area contributed by atoms with Crippen LogP contribution in [0.25, 0.3) is 11.0 Å². The van der Waals surface area contributed by atoms with E-state index in [0.29, 0.717) is 36.9 Å². The number of carbonyl (C=O) groups is 2. The normalized spacial score (nSPS) is 18.5. The van der Waals surface area contributed by atoms with Crippen LogP contribution in [0, 0.1) is 11.8 Å². The van der Waals surface area contributed by atoms with Gasteiger partial charge in [-0.05, 0) is 55.7 Å². The molecule has 1 aromatic carbocycles. The van der Waals surface area contributed by atoms with Crippen LogP contribution in [0.1, 0.15) is 42.5 Å². The molecule has 1 aromatic heterocycles. The van der Waals surface area contributed by atoms with Gasteiger partial charge in [0.2, 0.25) is 5.91 Å². The Bertz CT molecular complexity index is 778. The molecule has 2 aromatic rings. The number of hydrogen-bond donors (Lipinski definition) is 1. The van der Waals surface area contributed by atoms with Crippen LogP contribution in [0.2, 0.25) is 0 Å². The predicted octanol–water partition coefficient (Wildman–Crippen LogP) is 2.46. The van der Waals surface area contributed by atoms with Crippen molar-refractivity contribution in [1.29, 1.82) is 0 Å². The summed E-state index contributed by atoms with van der Waals surface area (Å²) in [4.78, 5) is 26.5. The van der Waals surface area contributed by atoms with Gasteiger partial charge in [0.15, 0.2) is 0 Å². The van der Waals surface area contributed by atoms with Crippen LogP contribution in [0.5, 0.6) is 0 Å². The number of piperidine rings is 1. The van der Waals surface area contributed by atoms with Crippen LogP contribution in [0.15, 0.2) is 18.2 Å².